The lowest BCUT2D eigenvalue weighted by Crippen LogP contribution is -2.35. The minimum absolute atomic E-state index is 0.385. The van der Waals surface area contributed by atoms with E-state index in [1.807, 2.05) is 25.1 Å². The van der Waals surface area contributed by atoms with Crippen molar-refractivity contribution in [2.75, 3.05) is 26.2 Å². The molecule has 156 valence electrons. The Hall–Kier alpha value is -1.56. The molecular weight excluding hydrogens is 452 g/mol. The summed E-state index contributed by atoms with van der Waals surface area (Å²) in [6.45, 7) is 5.93. The summed E-state index contributed by atoms with van der Waals surface area (Å²) in [6, 6.07) is 11.8. The molecule has 3 rings (SSSR count). The predicted octanol–water partition coefficient (Wildman–Crippen LogP) is 5.10. The molecule has 0 radical (unpaired) electrons. The molecule has 6 heteroatoms. The maximum atomic E-state index is 11.3. The van der Waals surface area contributed by atoms with Crippen LogP contribution < -0.4 is 10.5 Å². The van der Waals surface area contributed by atoms with Gasteiger partial charge in [0.1, 0.15) is 5.75 Å². The molecule has 0 aliphatic carbocycles. The van der Waals surface area contributed by atoms with Crippen LogP contribution in [0.4, 0.5) is 0 Å². The number of primary amides is 1. The lowest BCUT2D eigenvalue weighted by Gasteiger charge is -2.32. The van der Waals surface area contributed by atoms with Gasteiger partial charge in [0, 0.05) is 11.0 Å². The summed E-state index contributed by atoms with van der Waals surface area (Å²) >= 11 is 9.84. The minimum Gasteiger partial charge on any atom is -0.494 e. The molecule has 1 aliphatic heterocycles. The number of likely N-dealkylation sites (tertiary alicyclic amines) is 1. The Balaban J connectivity index is 1.48. The lowest BCUT2D eigenvalue weighted by molar-refractivity contribution is 0.100. The van der Waals surface area contributed by atoms with Crippen molar-refractivity contribution in [1.82, 2.24) is 4.90 Å². The van der Waals surface area contributed by atoms with Crippen LogP contribution in [0.15, 0.2) is 40.9 Å². The van der Waals surface area contributed by atoms with Crippen LogP contribution >= 0.6 is 27.5 Å². The zero-order valence-electron chi connectivity index (χ0n) is 16.8. The highest BCUT2D eigenvalue weighted by molar-refractivity contribution is 9.10. The first-order chi connectivity index (χ1) is 14.0. The Bertz CT molecular complexity index is 851. The number of ether oxygens (including phenoxy) is 1. The van der Waals surface area contributed by atoms with Crippen LogP contribution in [0.3, 0.4) is 0 Å². The monoisotopic (exact) mass is 478 g/mol. The van der Waals surface area contributed by atoms with Crippen molar-refractivity contribution < 1.29 is 9.53 Å². The second-order valence-corrected chi connectivity index (χ2v) is 8.87. The van der Waals surface area contributed by atoms with Crippen molar-refractivity contribution in [3.8, 4) is 5.75 Å². The van der Waals surface area contributed by atoms with Crippen LogP contribution in [0.1, 0.15) is 41.3 Å². The van der Waals surface area contributed by atoms with E-state index in [4.69, 9.17) is 22.1 Å². The average molecular weight is 480 g/mol. The number of benzene rings is 2. The van der Waals surface area contributed by atoms with E-state index >= 15 is 0 Å². The Morgan fingerprint density at radius 1 is 1.24 bits per heavy atom. The fourth-order valence-electron chi connectivity index (χ4n) is 3.89. The largest absolute Gasteiger partial charge is 0.494 e. The number of halogens is 2. The molecule has 1 heterocycles. The van der Waals surface area contributed by atoms with E-state index in [2.05, 4.69) is 33.0 Å². The quantitative estimate of drug-likeness (QED) is 0.573. The van der Waals surface area contributed by atoms with Gasteiger partial charge in [0.05, 0.1) is 17.2 Å². The number of hydrogen-bond acceptors (Lipinski definition) is 3. The SMILES string of the molecule is CCOc1ccc(Br)c(CC2CCN(CCc3ccc(C(N)=O)c(Cl)c3)CC2)c1. The highest BCUT2D eigenvalue weighted by Crippen LogP contribution is 2.29. The first-order valence-electron chi connectivity index (χ1n) is 10.2. The van der Waals surface area contributed by atoms with Crippen molar-refractivity contribution in [2.24, 2.45) is 11.7 Å². The zero-order chi connectivity index (χ0) is 20.8. The molecule has 4 nitrogen and oxygen atoms in total. The summed E-state index contributed by atoms with van der Waals surface area (Å²) in [4.78, 5) is 13.8. The van der Waals surface area contributed by atoms with Crippen LogP contribution in [0.2, 0.25) is 5.02 Å². The number of nitrogens with zero attached hydrogens (tertiary/aromatic N) is 1. The first kappa shape index (κ1) is 22.1. The highest BCUT2D eigenvalue weighted by Gasteiger charge is 2.20. The second kappa shape index (κ2) is 10.5. The van der Waals surface area contributed by atoms with Gasteiger partial charge >= 0.3 is 0 Å². The molecule has 0 atom stereocenters. The van der Waals surface area contributed by atoms with Crippen LogP contribution in [-0.4, -0.2) is 37.0 Å². The Morgan fingerprint density at radius 2 is 2.00 bits per heavy atom. The van der Waals surface area contributed by atoms with Gasteiger partial charge in [0.15, 0.2) is 0 Å². The molecule has 0 saturated carbocycles. The Morgan fingerprint density at radius 3 is 2.66 bits per heavy atom. The highest BCUT2D eigenvalue weighted by atomic mass is 79.9. The molecule has 1 aliphatic rings. The Labute approximate surface area is 186 Å². The summed E-state index contributed by atoms with van der Waals surface area (Å²) in [5, 5.41) is 0.438. The summed E-state index contributed by atoms with van der Waals surface area (Å²) in [7, 11) is 0. The second-order valence-electron chi connectivity index (χ2n) is 7.60. The van der Waals surface area contributed by atoms with E-state index in [1.54, 1.807) is 6.07 Å². The number of hydrogen-bond donors (Lipinski definition) is 1. The number of carbonyl (C=O) groups is 1. The predicted molar refractivity (Wildman–Crippen MR) is 122 cm³/mol. The molecule has 2 aromatic rings. The van der Waals surface area contributed by atoms with Gasteiger partial charge in [-0.25, -0.2) is 0 Å². The molecule has 1 amide bonds. The lowest BCUT2D eigenvalue weighted by atomic mass is 9.90. The number of rotatable bonds is 8. The van der Waals surface area contributed by atoms with Crippen LogP contribution in [0.25, 0.3) is 0 Å². The standard InChI is InChI=1S/C23H28BrClN2O2/c1-2-29-19-4-6-21(24)18(15-19)13-17-8-11-27(12-9-17)10-7-16-3-5-20(23(26)28)22(25)14-16/h3-6,14-15,17H,2,7-13H2,1H3,(H2,26,28). The topological polar surface area (TPSA) is 55.6 Å². The zero-order valence-corrected chi connectivity index (χ0v) is 19.1. The molecule has 29 heavy (non-hydrogen) atoms. The number of amides is 1. The molecule has 2 aromatic carbocycles. The molecule has 2 N–H and O–H groups in total. The van der Waals surface area contributed by atoms with E-state index in [0.29, 0.717) is 23.1 Å². The van der Waals surface area contributed by atoms with Gasteiger partial charge in [-0.2, -0.15) is 0 Å². The summed E-state index contributed by atoms with van der Waals surface area (Å²) in [5.41, 5.74) is 8.17. The van der Waals surface area contributed by atoms with Gasteiger partial charge in [-0.15, -0.1) is 0 Å². The number of nitrogens with two attached hydrogens (primary N) is 1. The molecule has 1 saturated heterocycles. The van der Waals surface area contributed by atoms with E-state index in [9.17, 15) is 4.79 Å². The van der Waals surface area contributed by atoms with Crippen molar-refractivity contribution in [2.45, 2.75) is 32.6 Å². The minimum atomic E-state index is -0.484. The molecule has 0 bridgehead atoms. The van der Waals surface area contributed by atoms with Crippen molar-refractivity contribution in [3.63, 3.8) is 0 Å². The van der Waals surface area contributed by atoms with Crippen LogP contribution in [0.5, 0.6) is 5.75 Å². The van der Waals surface area contributed by atoms with Crippen molar-refractivity contribution in [1.29, 1.82) is 0 Å². The number of carbonyl (C=O) groups excluding carboxylic acids is 1. The van der Waals surface area contributed by atoms with Gasteiger partial charge in [-0.3, -0.25) is 4.79 Å². The smallest absolute Gasteiger partial charge is 0.250 e. The van der Waals surface area contributed by atoms with Gasteiger partial charge < -0.3 is 15.4 Å². The van der Waals surface area contributed by atoms with E-state index in [-0.39, 0.29) is 0 Å². The van der Waals surface area contributed by atoms with Gasteiger partial charge in [-0.05, 0) is 93.1 Å². The van der Waals surface area contributed by atoms with Gasteiger partial charge in [0.2, 0.25) is 5.91 Å². The Kier molecular flexibility index (Phi) is 7.99. The third kappa shape index (κ3) is 6.21. The number of piperidine rings is 1. The molecule has 1 fully saturated rings. The van der Waals surface area contributed by atoms with Gasteiger partial charge in [0.25, 0.3) is 0 Å². The summed E-state index contributed by atoms with van der Waals surface area (Å²) < 4.78 is 6.81. The third-order valence-corrected chi connectivity index (χ3v) is 6.65. The molecule has 0 aromatic heterocycles. The normalized spacial score (nSPS) is 15.4. The van der Waals surface area contributed by atoms with Crippen LogP contribution in [0, 0.1) is 5.92 Å². The van der Waals surface area contributed by atoms with Crippen molar-refractivity contribution in [3.05, 3.63) is 62.6 Å². The van der Waals surface area contributed by atoms with Crippen LogP contribution in [-0.2, 0) is 12.8 Å². The average Bonchev–Trinajstić information content (AvgIpc) is 2.70. The first-order valence-corrected chi connectivity index (χ1v) is 11.3. The van der Waals surface area contributed by atoms with E-state index < -0.39 is 5.91 Å². The third-order valence-electron chi connectivity index (χ3n) is 5.56. The van der Waals surface area contributed by atoms with E-state index in [0.717, 1.165) is 43.8 Å². The van der Waals surface area contributed by atoms with Gasteiger partial charge in [-0.1, -0.05) is 33.6 Å². The maximum Gasteiger partial charge on any atom is 0.250 e. The summed E-state index contributed by atoms with van der Waals surface area (Å²) in [6.07, 6.45) is 4.41. The van der Waals surface area contributed by atoms with Crippen molar-refractivity contribution >= 4 is 33.4 Å². The maximum absolute atomic E-state index is 11.3. The fourth-order valence-corrected chi connectivity index (χ4v) is 4.60. The molecular formula is C23H28BrClN2O2. The molecule has 0 spiro atoms. The fraction of sp³-hybridized carbons (Fsp3) is 0.435. The summed E-state index contributed by atoms with van der Waals surface area (Å²) in [5.74, 6) is 1.16. The van der Waals surface area contributed by atoms with E-state index in [1.165, 1.54) is 22.9 Å². The molecule has 0 unspecified atom stereocenters.